The maximum atomic E-state index is 14.3. The van der Waals surface area contributed by atoms with Crippen LogP contribution in [0.15, 0.2) is 69.9 Å². The predicted octanol–water partition coefficient (Wildman–Crippen LogP) is 3.41. The molecular formula is C33H33FN8O5S. The van der Waals surface area contributed by atoms with Gasteiger partial charge < -0.3 is 25.3 Å². The molecule has 248 valence electrons. The van der Waals surface area contributed by atoms with Gasteiger partial charge in [0.25, 0.3) is 0 Å². The Kier molecular flexibility index (Phi) is 8.31. The van der Waals surface area contributed by atoms with Crippen molar-refractivity contribution < 1.29 is 23.2 Å². The van der Waals surface area contributed by atoms with Crippen molar-refractivity contribution in [2.75, 3.05) is 25.4 Å². The van der Waals surface area contributed by atoms with E-state index >= 15 is 0 Å². The number of halogens is 1. The highest BCUT2D eigenvalue weighted by molar-refractivity contribution is 7.22. The van der Waals surface area contributed by atoms with Gasteiger partial charge in [-0.3, -0.25) is 19.6 Å². The molecular weight excluding hydrogens is 639 g/mol. The van der Waals surface area contributed by atoms with Crippen LogP contribution in [0.5, 0.6) is 0 Å². The van der Waals surface area contributed by atoms with Crippen LogP contribution < -0.4 is 16.8 Å². The number of amides is 4. The fourth-order valence-electron chi connectivity index (χ4n) is 6.52. The number of piperazine rings is 1. The lowest BCUT2D eigenvalue weighted by atomic mass is 9.99. The number of nitrogen functional groups attached to an aromatic ring is 1. The van der Waals surface area contributed by atoms with Crippen molar-refractivity contribution >= 4 is 55.6 Å². The Hall–Kier alpha value is -5.28. The van der Waals surface area contributed by atoms with E-state index in [4.69, 9.17) is 10.2 Å². The van der Waals surface area contributed by atoms with Crippen molar-refractivity contribution in [2.45, 2.75) is 45.1 Å². The Morgan fingerprint density at radius 3 is 2.73 bits per heavy atom. The summed E-state index contributed by atoms with van der Waals surface area (Å²) in [6.07, 6.45) is 0.133. The molecule has 4 N–H and O–H groups in total. The number of urea groups is 1. The van der Waals surface area contributed by atoms with Gasteiger partial charge >= 0.3 is 11.8 Å². The summed E-state index contributed by atoms with van der Waals surface area (Å²) < 4.78 is 19.6. The number of H-pyrrole nitrogens is 1. The highest BCUT2D eigenvalue weighted by Crippen LogP contribution is 2.33. The molecule has 0 bridgehead atoms. The molecule has 1 unspecified atom stereocenters. The van der Waals surface area contributed by atoms with Crippen LogP contribution in [-0.4, -0.2) is 79.5 Å². The quantitative estimate of drug-likeness (QED) is 0.215. The predicted molar refractivity (Wildman–Crippen MR) is 177 cm³/mol. The molecule has 4 amide bonds. The van der Waals surface area contributed by atoms with Gasteiger partial charge in [0, 0.05) is 26.1 Å². The molecule has 4 heterocycles. The van der Waals surface area contributed by atoms with Crippen molar-refractivity contribution in [3.8, 4) is 0 Å². The van der Waals surface area contributed by atoms with E-state index in [-0.39, 0.29) is 50.2 Å². The normalized spacial score (nSPS) is 18.2. The van der Waals surface area contributed by atoms with E-state index in [1.807, 2.05) is 25.1 Å². The minimum absolute atomic E-state index is 0.101. The summed E-state index contributed by atoms with van der Waals surface area (Å²) in [5.41, 5.74) is 9.85. The number of thiazole rings is 1. The molecule has 7 rings (SSSR count). The van der Waals surface area contributed by atoms with E-state index in [1.54, 1.807) is 45.1 Å². The van der Waals surface area contributed by atoms with Crippen LogP contribution in [0.25, 0.3) is 21.3 Å². The van der Waals surface area contributed by atoms with E-state index in [0.717, 1.165) is 15.8 Å². The third-order valence-electron chi connectivity index (χ3n) is 8.70. The van der Waals surface area contributed by atoms with Gasteiger partial charge in [0.2, 0.25) is 11.8 Å². The van der Waals surface area contributed by atoms with Crippen LogP contribution in [0, 0.1) is 5.82 Å². The van der Waals surface area contributed by atoms with Crippen molar-refractivity contribution in [2.24, 2.45) is 0 Å². The number of aromatic nitrogens is 2. The molecule has 0 spiro atoms. The number of oxazole rings is 1. The van der Waals surface area contributed by atoms with Crippen LogP contribution in [0.3, 0.4) is 0 Å². The van der Waals surface area contributed by atoms with Crippen LogP contribution in [0.4, 0.5) is 14.3 Å². The van der Waals surface area contributed by atoms with Gasteiger partial charge in [0.1, 0.15) is 18.0 Å². The number of hydrogen-bond donors (Lipinski definition) is 3. The van der Waals surface area contributed by atoms with Gasteiger partial charge in [-0.2, -0.15) is 5.01 Å². The second-order valence-electron chi connectivity index (χ2n) is 11.9. The summed E-state index contributed by atoms with van der Waals surface area (Å²) in [7, 11) is 0. The smallest absolute Gasteiger partial charge is 0.408 e. The Morgan fingerprint density at radius 2 is 1.94 bits per heavy atom. The third kappa shape index (κ3) is 5.97. The van der Waals surface area contributed by atoms with Gasteiger partial charge in [-0.05, 0) is 53.4 Å². The fourth-order valence-corrected chi connectivity index (χ4v) is 7.30. The number of nitrogens with zero attached hydrogens (tertiary/aromatic N) is 5. The Labute approximate surface area is 277 Å². The Balaban J connectivity index is 1.21. The van der Waals surface area contributed by atoms with Crippen LogP contribution >= 0.6 is 11.3 Å². The van der Waals surface area contributed by atoms with E-state index in [2.05, 4.69) is 15.3 Å². The molecule has 15 heteroatoms. The SMILES string of the molecule is CCCN(C(=O)NCc1ccc(F)cc1)N1CC(=O)N2C(Cc3ccc4[nH]c(=O)oc4c3)C(=O)N(Cc3cccc4sc(N)nc34)C[C@@H]21. The Morgan fingerprint density at radius 1 is 1.15 bits per heavy atom. The number of hydrogen-bond acceptors (Lipinski definition) is 9. The lowest BCUT2D eigenvalue weighted by Crippen LogP contribution is -2.66. The first-order chi connectivity index (χ1) is 23.2. The zero-order valence-electron chi connectivity index (χ0n) is 26.0. The summed E-state index contributed by atoms with van der Waals surface area (Å²) in [5, 5.41) is 6.58. The minimum Gasteiger partial charge on any atom is -0.408 e. The molecule has 0 radical (unpaired) electrons. The number of aromatic amines is 1. The number of nitrogens with one attached hydrogen (secondary N) is 2. The monoisotopic (exact) mass is 672 g/mol. The van der Waals surface area contributed by atoms with Gasteiger partial charge in [-0.1, -0.05) is 48.6 Å². The molecule has 2 aliphatic heterocycles. The number of carbonyl (C=O) groups is 3. The summed E-state index contributed by atoms with van der Waals surface area (Å²) in [5.74, 6) is -1.49. The largest absolute Gasteiger partial charge is 0.417 e. The van der Waals surface area contributed by atoms with Crippen molar-refractivity contribution in [3.63, 3.8) is 0 Å². The number of hydrazine groups is 1. The molecule has 5 aromatic rings. The topological polar surface area (TPSA) is 161 Å². The average Bonchev–Trinajstić information content (AvgIpc) is 3.74. The zero-order chi connectivity index (χ0) is 33.5. The van der Waals surface area contributed by atoms with Gasteiger partial charge in [-0.25, -0.2) is 19.0 Å². The number of anilines is 1. The zero-order valence-corrected chi connectivity index (χ0v) is 26.8. The summed E-state index contributed by atoms with van der Waals surface area (Å²) in [4.78, 5) is 64.0. The molecule has 0 saturated carbocycles. The highest BCUT2D eigenvalue weighted by atomic mass is 32.1. The molecule has 48 heavy (non-hydrogen) atoms. The van der Waals surface area contributed by atoms with Crippen molar-refractivity contribution in [3.05, 3.63) is 93.7 Å². The molecule has 2 aromatic heterocycles. The van der Waals surface area contributed by atoms with Gasteiger partial charge in [0.05, 0.1) is 28.8 Å². The van der Waals surface area contributed by atoms with E-state index < -0.39 is 24.0 Å². The number of rotatable bonds is 9. The van der Waals surface area contributed by atoms with E-state index in [0.29, 0.717) is 40.3 Å². The summed E-state index contributed by atoms with van der Waals surface area (Å²) in [6, 6.07) is 15.5. The first-order valence-electron chi connectivity index (χ1n) is 15.6. The standard InChI is InChI=1S/C33H33FN8O5S/c1-2-12-40(32(45)36-15-19-6-9-22(34)10-7-19)41-18-28(43)42-24(13-20-8-11-23-25(14-20)47-33(46)37-23)30(44)39(17-27(41)42)16-21-4-3-5-26-29(21)38-31(35)48-26/h3-11,14,24,27H,2,12-13,15-18H2,1H3,(H2,35,38)(H,36,45)(H,37,46)/t24?,27-/m1/s1. The second-order valence-corrected chi connectivity index (χ2v) is 12.9. The molecule has 3 aromatic carbocycles. The second kappa shape index (κ2) is 12.7. The number of para-hydroxylation sites is 1. The Bertz CT molecular complexity index is 2080. The van der Waals surface area contributed by atoms with Crippen LogP contribution in [-0.2, 0) is 29.1 Å². The highest BCUT2D eigenvalue weighted by Gasteiger charge is 2.52. The van der Waals surface area contributed by atoms with Crippen molar-refractivity contribution in [1.29, 1.82) is 0 Å². The summed E-state index contributed by atoms with van der Waals surface area (Å²) >= 11 is 1.37. The van der Waals surface area contributed by atoms with Crippen LogP contribution in [0.2, 0.25) is 0 Å². The maximum absolute atomic E-state index is 14.3. The number of fused-ring (bicyclic) bond motifs is 3. The van der Waals surface area contributed by atoms with Gasteiger partial charge in [-0.15, -0.1) is 0 Å². The lowest BCUT2D eigenvalue weighted by molar-refractivity contribution is -0.157. The lowest BCUT2D eigenvalue weighted by Gasteiger charge is -2.46. The first kappa shape index (κ1) is 31.3. The average molecular weight is 673 g/mol. The number of nitrogens with two attached hydrogens (primary N) is 1. The van der Waals surface area contributed by atoms with Crippen molar-refractivity contribution in [1.82, 2.24) is 35.1 Å². The molecule has 2 aliphatic rings. The first-order valence-corrected chi connectivity index (χ1v) is 16.4. The molecule has 2 fully saturated rings. The molecule has 2 saturated heterocycles. The van der Waals surface area contributed by atoms with E-state index in [9.17, 15) is 23.6 Å². The molecule has 2 atom stereocenters. The van der Waals surface area contributed by atoms with Gasteiger partial charge in [0.15, 0.2) is 10.7 Å². The number of carbonyl (C=O) groups excluding carboxylic acids is 3. The molecule has 0 aliphatic carbocycles. The molecule has 13 nitrogen and oxygen atoms in total. The summed E-state index contributed by atoms with van der Waals surface area (Å²) in [6.45, 7) is 2.70. The maximum Gasteiger partial charge on any atom is 0.417 e. The minimum atomic E-state index is -0.894. The van der Waals surface area contributed by atoms with Crippen LogP contribution in [0.1, 0.15) is 30.0 Å². The fraction of sp³-hybridized carbons (Fsp3) is 0.303. The number of benzene rings is 3. The van der Waals surface area contributed by atoms with E-state index in [1.165, 1.54) is 28.5 Å². The third-order valence-corrected chi connectivity index (χ3v) is 9.55.